The van der Waals surface area contributed by atoms with E-state index in [1.807, 2.05) is 0 Å². The van der Waals surface area contributed by atoms with Gasteiger partial charge in [-0.3, -0.25) is 0 Å². The zero-order chi connectivity index (χ0) is 9.57. The fourth-order valence-electron chi connectivity index (χ4n) is 1.97. The Balaban J connectivity index is 2.42. The molecule has 0 nitrogen and oxygen atoms in total. The highest BCUT2D eigenvalue weighted by molar-refractivity contribution is 5.17. The summed E-state index contributed by atoms with van der Waals surface area (Å²) in [4.78, 5) is 0. The summed E-state index contributed by atoms with van der Waals surface area (Å²) in [6.07, 6.45) is 2.53. The quantitative estimate of drug-likeness (QED) is 0.543. The Morgan fingerprint density at radius 2 is 1.83 bits per heavy atom. The van der Waals surface area contributed by atoms with Gasteiger partial charge in [-0.15, -0.1) is 0 Å². The summed E-state index contributed by atoms with van der Waals surface area (Å²) in [6.45, 7) is 15.7. The highest BCUT2D eigenvalue weighted by atomic mass is 14.5. The minimum Gasteiger partial charge on any atom is -0.0995 e. The van der Waals surface area contributed by atoms with Gasteiger partial charge >= 0.3 is 0 Å². The van der Waals surface area contributed by atoms with E-state index >= 15 is 0 Å². The van der Waals surface area contributed by atoms with E-state index in [0.717, 1.165) is 5.92 Å². The van der Waals surface area contributed by atoms with Crippen molar-refractivity contribution in [2.45, 2.75) is 47.5 Å². The molecule has 0 aromatic rings. The molecule has 1 rings (SSSR count). The minimum atomic E-state index is 0.412. The fraction of sp³-hybridized carbons (Fsp3) is 0.833. The molecule has 0 saturated heterocycles. The lowest BCUT2D eigenvalue weighted by Gasteiger charge is -2.20. The lowest BCUT2D eigenvalue weighted by molar-refractivity contribution is 0.396. The van der Waals surface area contributed by atoms with Crippen LogP contribution in [0.1, 0.15) is 47.5 Å². The van der Waals surface area contributed by atoms with E-state index in [0.29, 0.717) is 10.8 Å². The van der Waals surface area contributed by atoms with Crippen molar-refractivity contribution in [1.29, 1.82) is 0 Å². The van der Waals surface area contributed by atoms with Gasteiger partial charge in [0.2, 0.25) is 0 Å². The molecule has 12 heavy (non-hydrogen) atoms. The number of hydrogen-bond acceptors (Lipinski definition) is 0. The van der Waals surface area contributed by atoms with E-state index in [1.54, 1.807) is 0 Å². The molecule has 1 atom stereocenters. The van der Waals surface area contributed by atoms with Gasteiger partial charge in [0.15, 0.2) is 0 Å². The van der Waals surface area contributed by atoms with Gasteiger partial charge in [-0.1, -0.05) is 46.8 Å². The average Bonchev–Trinajstić information content (AvgIpc) is 2.35. The van der Waals surface area contributed by atoms with Crippen LogP contribution in [0.2, 0.25) is 0 Å². The van der Waals surface area contributed by atoms with Gasteiger partial charge in [-0.05, 0) is 29.6 Å². The Kier molecular flexibility index (Phi) is 2.14. The molecule has 0 heterocycles. The van der Waals surface area contributed by atoms with Crippen molar-refractivity contribution >= 4 is 0 Å². The Morgan fingerprint density at radius 3 is 2.08 bits per heavy atom. The molecule has 0 heteroatoms. The molecule has 0 amide bonds. The molecule has 0 radical (unpaired) electrons. The summed E-state index contributed by atoms with van der Waals surface area (Å²) in [5.74, 6) is 0.803. The number of allylic oxidation sites excluding steroid dienone is 1. The molecule has 0 aromatic carbocycles. The predicted octanol–water partition coefficient (Wildman–Crippen LogP) is 4.02. The first-order chi connectivity index (χ1) is 5.22. The second kappa shape index (κ2) is 2.61. The molecule has 0 aliphatic heterocycles. The third kappa shape index (κ3) is 2.36. The maximum atomic E-state index is 4.20. The Morgan fingerprint density at radius 1 is 1.42 bits per heavy atom. The molecule has 0 unspecified atom stereocenters. The molecule has 1 saturated carbocycles. The molecule has 70 valence electrons. The van der Waals surface area contributed by atoms with E-state index in [9.17, 15) is 0 Å². The lowest BCUT2D eigenvalue weighted by atomic mass is 9.85. The van der Waals surface area contributed by atoms with Gasteiger partial charge in [0.1, 0.15) is 0 Å². The van der Waals surface area contributed by atoms with Crippen molar-refractivity contribution in [2.24, 2.45) is 16.7 Å². The molecule has 0 bridgehead atoms. The van der Waals surface area contributed by atoms with Crippen LogP contribution >= 0.6 is 0 Å². The first kappa shape index (κ1) is 9.83. The molecule has 1 aliphatic rings. The second-order valence-electron chi connectivity index (χ2n) is 6.14. The lowest BCUT2D eigenvalue weighted by Crippen LogP contribution is -2.08. The summed E-state index contributed by atoms with van der Waals surface area (Å²) in [6, 6.07) is 0. The van der Waals surface area contributed by atoms with Crippen LogP contribution in [-0.2, 0) is 0 Å². The summed E-state index contributed by atoms with van der Waals surface area (Å²) in [5, 5.41) is 0. The average molecular weight is 166 g/mol. The first-order valence-electron chi connectivity index (χ1n) is 4.90. The van der Waals surface area contributed by atoms with Gasteiger partial charge in [0, 0.05) is 0 Å². The molecule has 0 aromatic heterocycles. The van der Waals surface area contributed by atoms with Crippen LogP contribution in [0.3, 0.4) is 0 Å². The van der Waals surface area contributed by atoms with Crippen molar-refractivity contribution in [1.82, 2.24) is 0 Å². The van der Waals surface area contributed by atoms with Crippen LogP contribution in [0.5, 0.6) is 0 Å². The van der Waals surface area contributed by atoms with Crippen molar-refractivity contribution < 1.29 is 0 Å². The molecule has 0 spiro atoms. The Hall–Kier alpha value is -0.260. The first-order valence-corrected chi connectivity index (χ1v) is 4.90. The number of hydrogen-bond donors (Lipinski definition) is 0. The van der Waals surface area contributed by atoms with E-state index in [-0.39, 0.29) is 0 Å². The van der Waals surface area contributed by atoms with E-state index in [2.05, 4.69) is 41.2 Å². The van der Waals surface area contributed by atoms with Crippen LogP contribution in [0.25, 0.3) is 0 Å². The summed E-state index contributed by atoms with van der Waals surface area (Å²) >= 11 is 0. The molecular weight excluding hydrogens is 144 g/mol. The molecular formula is C12H22. The Bertz CT molecular complexity index is 191. The Labute approximate surface area is 77.1 Å². The van der Waals surface area contributed by atoms with Crippen LogP contribution in [0.4, 0.5) is 0 Å². The van der Waals surface area contributed by atoms with Gasteiger partial charge in [-0.2, -0.15) is 0 Å². The van der Waals surface area contributed by atoms with Crippen molar-refractivity contribution in [2.75, 3.05) is 0 Å². The van der Waals surface area contributed by atoms with Gasteiger partial charge in [0.25, 0.3) is 0 Å². The molecule has 1 aliphatic carbocycles. The minimum absolute atomic E-state index is 0.412. The maximum Gasteiger partial charge on any atom is -0.0149 e. The van der Waals surface area contributed by atoms with Gasteiger partial charge in [0.05, 0.1) is 0 Å². The topological polar surface area (TPSA) is 0 Å². The van der Waals surface area contributed by atoms with Crippen LogP contribution in [0, 0.1) is 16.7 Å². The summed E-state index contributed by atoms with van der Waals surface area (Å²) in [7, 11) is 0. The van der Waals surface area contributed by atoms with Crippen molar-refractivity contribution in [3.8, 4) is 0 Å². The second-order valence-corrected chi connectivity index (χ2v) is 6.14. The van der Waals surface area contributed by atoms with Crippen LogP contribution < -0.4 is 0 Å². The standard InChI is InChI=1S/C12H22/c1-9(7-11(2,3)4)10-8-12(10,5)6/h10H,1,7-8H2,2-6H3/t10-/m0/s1. The largest absolute Gasteiger partial charge is 0.0995 e. The van der Waals surface area contributed by atoms with Crippen molar-refractivity contribution in [3.63, 3.8) is 0 Å². The predicted molar refractivity (Wildman–Crippen MR) is 55.1 cm³/mol. The zero-order valence-corrected chi connectivity index (χ0v) is 9.20. The summed E-state index contributed by atoms with van der Waals surface area (Å²) < 4.78 is 0. The zero-order valence-electron chi connectivity index (χ0n) is 9.20. The van der Waals surface area contributed by atoms with E-state index in [4.69, 9.17) is 0 Å². The van der Waals surface area contributed by atoms with Crippen molar-refractivity contribution in [3.05, 3.63) is 12.2 Å². The highest BCUT2D eigenvalue weighted by Gasteiger charge is 2.47. The monoisotopic (exact) mass is 166 g/mol. The van der Waals surface area contributed by atoms with E-state index in [1.165, 1.54) is 18.4 Å². The van der Waals surface area contributed by atoms with Gasteiger partial charge < -0.3 is 0 Å². The molecule has 0 N–H and O–H groups in total. The SMILES string of the molecule is C=C(CC(C)(C)C)[C@@H]1CC1(C)C. The normalized spacial score (nSPS) is 26.9. The van der Waals surface area contributed by atoms with E-state index < -0.39 is 0 Å². The van der Waals surface area contributed by atoms with Crippen LogP contribution in [-0.4, -0.2) is 0 Å². The summed E-state index contributed by atoms with van der Waals surface area (Å²) in [5.41, 5.74) is 2.44. The third-order valence-corrected chi connectivity index (χ3v) is 2.76. The fourth-order valence-corrected chi connectivity index (χ4v) is 1.97. The third-order valence-electron chi connectivity index (χ3n) is 2.76. The number of rotatable bonds is 2. The molecule has 1 fully saturated rings. The highest BCUT2D eigenvalue weighted by Crippen LogP contribution is 2.56. The smallest absolute Gasteiger partial charge is 0.0149 e. The van der Waals surface area contributed by atoms with Crippen LogP contribution in [0.15, 0.2) is 12.2 Å². The maximum absolute atomic E-state index is 4.20. The van der Waals surface area contributed by atoms with Gasteiger partial charge in [-0.25, -0.2) is 0 Å².